The Labute approximate surface area is 186 Å². The smallest absolute Gasteiger partial charge is 0.248 e. The number of nitrogens with zero attached hydrogens (tertiary/aromatic N) is 2. The first-order valence-electron chi connectivity index (χ1n) is 11.8. The Morgan fingerprint density at radius 1 is 0.969 bits per heavy atom. The van der Waals surface area contributed by atoms with E-state index in [0.717, 1.165) is 79.3 Å². The Morgan fingerprint density at radius 3 is 2.53 bits per heavy atom. The van der Waals surface area contributed by atoms with Crippen LogP contribution in [0.25, 0.3) is 22.0 Å². The van der Waals surface area contributed by atoms with Gasteiger partial charge in [-0.25, -0.2) is 4.68 Å². The van der Waals surface area contributed by atoms with Crippen LogP contribution in [0.1, 0.15) is 62.8 Å². The molecule has 7 heteroatoms. The zero-order valence-corrected chi connectivity index (χ0v) is 18.2. The molecule has 3 aromatic rings. The highest BCUT2D eigenvalue weighted by Gasteiger charge is 2.41. The molecule has 7 nitrogen and oxygen atoms in total. The normalized spacial score (nSPS) is 23.8. The summed E-state index contributed by atoms with van der Waals surface area (Å²) in [6.07, 6.45) is 8.74. The minimum atomic E-state index is -0.377. The molecule has 1 aromatic carbocycles. The van der Waals surface area contributed by atoms with Gasteiger partial charge in [0.1, 0.15) is 0 Å². The van der Waals surface area contributed by atoms with Crippen molar-refractivity contribution in [3.63, 3.8) is 0 Å². The minimum absolute atomic E-state index is 0.0122. The number of hydrogen-bond acceptors (Lipinski definition) is 5. The Balaban J connectivity index is 1.41. The van der Waals surface area contributed by atoms with Gasteiger partial charge in [0.2, 0.25) is 5.56 Å². The number of aromatic nitrogens is 3. The molecule has 1 N–H and O–H groups in total. The Hall–Kier alpha value is -2.48. The van der Waals surface area contributed by atoms with Crippen LogP contribution >= 0.6 is 0 Å². The fraction of sp³-hybridized carbons (Fsp3) is 0.520. The van der Waals surface area contributed by atoms with E-state index < -0.39 is 0 Å². The number of aromatic amines is 1. The van der Waals surface area contributed by atoms with Crippen LogP contribution in [-0.2, 0) is 14.2 Å². The summed E-state index contributed by atoms with van der Waals surface area (Å²) < 4.78 is 20.1. The fourth-order valence-corrected chi connectivity index (χ4v) is 5.52. The maximum atomic E-state index is 11.9. The van der Waals surface area contributed by atoms with Crippen molar-refractivity contribution in [3.8, 4) is 11.1 Å². The molecule has 1 spiro atoms. The molecule has 1 atom stereocenters. The number of ether oxygens (including phenoxy) is 3. The standard InChI is InChI=1S/C25H29N3O4/c29-22-16-19(8-11-26-22)18-4-5-21-20(15-18)24(27-28(21)23-3-1-2-12-30-23)17-6-9-25(10-7-17)31-13-14-32-25/h4-5,8,11,15-17,23H,1-3,6-7,9-10,12-14H2,(H,26,29). The number of rotatable bonds is 3. The van der Waals surface area contributed by atoms with Gasteiger partial charge >= 0.3 is 0 Å². The van der Waals surface area contributed by atoms with Crippen LogP contribution in [-0.4, -0.2) is 40.4 Å². The first-order chi connectivity index (χ1) is 15.7. The van der Waals surface area contributed by atoms with E-state index >= 15 is 0 Å². The molecule has 2 aliphatic heterocycles. The average Bonchev–Trinajstić information content (AvgIpc) is 3.45. The van der Waals surface area contributed by atoms with Gasteiger partial charge in [-0.15, -0.1) is 0 Å². The van der Waals surface area contributed by atoms with E-state index in [1.165, 1.54) is 0 Å². The van der Waals surface area contributed by atoms with Crippen molar-refractivity contribution >= 4 is 10.9 Å². The summed E-state index contributed by atoms with van der Waals surface area (Å²) in [5, 5.41) is 6.30. The molecule has 2 aromatic heterocycles. The van der Waals surface area contributed by atoms with Gasteiger partial charge in [0.05, 0.1) is 24.4 Å². The van der Waals surface area contributed by atoms with Crippen LogP contribution in [0.4, 0.5) is 0 Å². The minimum Gasteiger partial charge on any atom is -0.356 e. The molecule has 3 aliphatic rings. The first-order valence-corrected chi connectivity index (χ1v) is 11.8. The molecule has 32 heavy (non-hydrogen) atoms. The molecule has 1 aliphatic carbocycles. The fourth-order valence-electron chi connectivity index (χ4n) is 5.52. The number of hydrogen-bond donors (Lipinski definition) is 1. The zero-order chi connectivity index (χ0) is 21.5. The topological polar surface area (TPSA) is 78.4 Å². The van der Waals surface area contributed by atoms with Crippen LogP contribution in [0, 0.1) is 0 Å². The zero-order valence-electron chi connectivity index (χ0n) is 18.2. The lowest BCUT2D eigenvalue weighted by atomic mass is 9.82. The predicted molar refractivity (Wildman–Crippen MR) is 120 cm³/mol. The van der Waals surface area contributed by atoms with Crippen molar-refractivity contribution in [2.24, 2.45) is 0 Å². The third-order valence-electron chi connectivity index (χ3n) is 7.22. The summed E-state index contributed by atoms with van der Waals surface area (Å²) in [5.74, 6) is -0.0207. The van der Waals surface area contributed by atoms with E-state index in [4.69, 9.17) is 19.3 Å². The van der Waals surface area contributed by atoms with Crippen LogP contribution in [0.3, 0.4) is 0 Å². The van der Waals surface area contributed by atoms with Gasteiger partial charge in [0, 0.05) is 43.0 Å². The van der Waals surface area contributed by atoms with Gasteiger partial charge in [-0.2, -0.15) is 5.10 Å². The van der Waals surface area contributed by atoms with Crippen molar-refractivity contribution in [1.29, 1.82) is 0 Å². The molecular weight excluding hydrogens is 406 g/mol. The van der Waals surface area contributed by atoms with Crippen LogP contribution in [0.5, 0.6) is 0 Å². The monoisotopic (exact) mass is 435 g/mol. The highest BCUT2D eigenvalue weighted by molar-refractivity contribution is 5.87. The second-order valence-electron chi connectivity index (χ2n) is 9.21. The molecule has 1 saturated carbocycles. The van der Waals surface area contributed by atoms with Gasteiger partial charge in [0.15, 0.2) is 12.0 Å². The summed E-state index contributed by atoms with van der Waals surface area (Å²) in [6.45, 7) is 2.18. The first kappa shape index (κ1) is 20.1. The summed E-state index contributed by atoms with van der Waals surface area (Å²) in [7, 11) is 0. The highest BCUT2D eigenvalue weighted by atomic mass is 16.7. The molecule has 3 fully saturated rings. The van der Waals surface area contributed by atoms with Crippen molar-refractivity contribution in [1.82, 2.24) is 14.8 Å². The molecule has 4 heterocycles. The molecule has 2 saturated heterocycles. The van der Waals surface area contributed by atoms with Crippen LogP contribution in [0.15, 0.2) is 41.3 Å². The SMILES string of the molecule is O=c1cc(-c2ccc3c(c2)c(C2CCC4(CC2)OCCO4)nn3C2CCCCO2)cc[nH]1. The third kappa shape index (κ3) is 3.58. The van der Waals surface area contributed by atoms with Gasteiger partial charge in [-0.1, -0.05) is 6.07 Å². The molecule has 168 valence electrons. The maximum absolute atomic E-state index is 11.9. The summed E-state index contributed by atoms with van der Waals surface area (Å²) in [5.41, 5.74) is 4.09. The van der Waals surface area contributed by atoms with Crippen molar-refractivity contribution in [2.75, 3.05) is 19.8 Å². The molecular formula is C25H29N3O4. The Bertz CT molecular complexity index is 1160. The largest absolute Gasteiger partial charge is 0.356 e. The summed E-state index contributed by atoms with van der Waals surface area (Å²) >= 11 is 0. The van der Waals surface area contributed by atoms with E-state index in [2.05, 4.69) is 27.9 Å². The second-order valence-corrected chi connectivity index (χ2v) is 9.21. The number of benzene rings is 1. The number of fused-ring (bicyclic) bond motifs is 1. The highest BCUT2D eigenvalue weighted by Crippen LogP contribution is 2.44. The molecule has 0 bridgehead atoms. The lowest BCUT2D eigenvalue weighted by molar-refractivity contribution is -0.178. The molecule has 0 amide bonds. The predicted octanol–water partition coefficient (Wildman–Crippen LogP) is 4.49. The Kier molecular flexibility index (Phi) is 5.12. The molecule has 0 radical (unpaired) electrons. The van der Waals surface area contributed by atoms with E-state index in [1.807, 2.05) is 6.07 Å². The van der Waals surface area contributed by atoms with Gasteiger partial charge in [-0.3, -0.25) is 4.79 Å². The van der Waals surface area contributed by atoms with Gasteiger partial charge in [0.25, 0.3) is 0 Å². The van der Waals surface area contributed by atoms with Gasteiger partial charge in [-0.05, 0) is 61.4 Å². The molecule has 6 rings (SSSR count). The molecule has 1 unspecified atom stereocenters. The van der Waals surface area contributed by atoms with E-state index in [-0.39, 0.29) is 17.6 Å². The van der Waals surface area contributed by atoms with E-state index in [9.17, 15) is 4.79 Å². The average molecular weight is 436 g/mol. The van der Waals surface area contributed by atoms with Crippen molar-refractivity contribution in [2.45, 2.75) is 62.9 Å². The van der Waals surface area contributed by atoms with Crippen LogP contribution in [0.2, 0.25) is 0 Å². The van der Waals surface area contributed by atoms with Crippen LogP contribution < -0.4 is 5.56 Å². The second kappa shape index (κ2) is 8.14. The maximum Gasteiger partial charge on any atom is 0.248 e. The quantitative estimate of drug-likeness (QED) is 0.656. The third-order valence-corrected chi connectivity index (χ3v) is 7.22. The number of H-pyrrole nitrogens is 1. The number of nitrogens with one attached hydrogen (secondary N) is 1. The summed E-state index contributed by atoms with van der Waals surface area (Å²) in [4.78, 5) is 14.6. The van der Waals surface area contributed by atoms with Crippen molar-refractivity contribution < 1.29 is 14.2 Å². The number of pyridine rings is 1. The van der Waals surface area contributed by atoms with E-state index in [0.29, 0.717) is 19.1 Å². The Morgan fingerprint density at radius 2 is 1.78 bits per heavy atom. The van der Waals surface area contributed by atoms with Crippen molar-refractivity contribution in [3.05, 3.63) is 52.6 Å². The lowest BCUT2D eigenvalue weighted by Crippen LogP contribution is -2.34. The lowest BCUT2D eigenvalue weighted by Gasteiger charge is -2.34. The van der Waals surface area contributed by atoms with E-state index in [1.54, 1.807) is 12.3 Å². The summed E-state index contributed by atoms with van der Waals surface area (Å²) in [6, 6.07) is 10.00. The van der Waals surface area contributed by atoms with Gasteiger partial charge < -0.3 is 19.2 Å².